The molecular formula is C18H27N. The molecule has 1 N–H and O–H groups in total. The first-order valence-electron chi connectivity index (χ1n) is 8.15. The summed E-state index contributed by atoms with van der Waals surface area (Å²) in [7, 11) is 0. The van der Waals surface area contributed by atoms with Crippen LogP contribution < -0.4 is 5.32 Å². The fourth-order valence-corrected chi connectivity index (χ4v) is 4.18. The maximum absolute atomic E-state index is 3.61. The molecule has 104 valence electrons. The highest BCUT2D eigenvalue weighted by Crippen LogP contribution is 2.38. The van der Waals surface area contributed by atoms with Crippen molar-refractivity contribution in [2.24, 2.45) is 11.8 Å². The Balaban J connectivity index is 1.67. The fraction of sp³-hybridized carbons (Fsp3) is 0.667. The molecule has 3 atom stereocenters. The van der Waals surface area contributed by atoms with E-state index in [0.29, 0.717) is 0 Å². The van der Waals surface area contributed by atoms with Gasteiger partial charge in [-0.15, -0.1) is 0 Å². The predicted molar refractivity (Wildman–Crippen MR) is 81.2 cm³/mol. The van der Waals surface area contributed by atoms with Gasteiger partial charge in [-0.1, -0.05) is 56.9 Å². The summed E-state index contributed by atoms with van der Waals surface area (Å²) in [5.74, 6) is 2.73. The highest BCUT2D eigenvalue weighted by Gasteiger charge is 2.26. The molecule has 1 aliphatic heterocycles. The lowest BCUT2D eigenvalue weighted by Gasteiger charge is -2.33. The van der Waals surface area contributed by atoms with Crippen LogP contribution in [0.5, 0.6) is 0 Å². The lowest BCUT2D eigenvalue weighted by Crippen LogP contribution is -2.30. The van der Waals surface area contributed by atoms with Gasteiger partial charge in [0, 0.05) is 13.1 Å². The van der Waals surface area contributed by atoms with Gasteiger partial charge >= 0.3 is 0 Å². The van der Waals surface area contributed by atoms with Crippen molar-refractivity contribution in [2.75, 3.05) is 6.54 Å². The molecule has 1 heteroatoms. The second-order valence-corrected chi connectivity index (χ2v) is 6.57. The smallest absolute Gasteiger partial charge is 0.0208 e. The summed E-state index contributed by atoms with van der Waals surface area (Å²) >= 11 is 0. The molecule has 1 nitrogen and oxygen atoms in total. The lowest BCUT2D eigenvalue weighted by atomic mass is 9.74. The topological polar surface area (TPSA) is 12.0 Å². The molecule has 2 aliphatic rings. The van der Waals surface area contributed by atoms with Gasteiger partial charge < -0.3 is 5.32 Å². The number of nitrogens with one attached hydrogen (secondary N) is 1. The molecule has 1 fully saturated rings. The van der Waals surface area contributed by atoms with Crippen LogP contribution in [-0.2, 0) is 6.54 Å². The third-order valence-electron chi connectivity index (χ3n) is 5.29. The Kier molecular flexibility index (Phi) is 4.22. The summed E-state index contributed by atoms with van der Waals surface area (Å²) in [5.41, 5.74) is 3.15. The van der Waals surface area contributed by atoms with Crippen LogP contribution in [0.1, 0.15) is 62.5 Å². The van der Waals surface area contributed by atoms with Crippen LogP contribution in [0.4, 0.5) is 0 Å². The Morgan fingerprint density at radius 3 is 2.89 bits per heavy atom. The van der Waals surface area contributed by atoms with Crippen molar-refractivity contribution in [1.82, 2.24) is 5.32 Å². The van der Waals surface area contributed by atoms with Crippen molar-refractivity contribution >= 4 is 0 Å². The van der Waals surface area contributed by atoms with Crippen LogP contribution >= 0.6 is 0 Å². The van der Waals surface area contributed by atoms with Gasteiger partial charge in [0.25, 0.3) is 0 Å². The highest BCUT2D eigenvalue weighted by atomic mass is 14.9. The first kappa shape index (κ1) is 13.2. The predicted octanol–water partition coefficient (Wildman–Crippen LogP) is 4.48. The van der Waals surface area contributed by atoms with Gasteiger partial charge in [-0.25, -0.2) is 0 Å². The molecule has 0 amide bonds. The Morgan fingerprint density at radius 2 is 2.00 bits per heavy atom. The van der Waals surface area contributed by atoms with Crippen LogP contribution in [0, 0.1) is 11.8 Å². The van der Waals surface area contributed by atoms with Crippen LogP contribution in [0.3, 0.4) is 0 Å². The molecule has 1 saturated carbocycles. The summed E-state index contributed by atoms with van der Waals surface area (Å²) in [6.45, 7) is 4.61. The summed E-state index contributed by atoms with van der Waals surface area (Å²) < 4.78 is 0. The molecular weight excluding hydrogens is 230 g/mol. The normalized spacial score (nSPS) is 30.9. The van der Waals surface area contributed by atoms with Gasteiger partial charge in [0.2, 0.25) is 0 Å². The molecule has 1 aromatic rings. The van der Waals surface area contributed by atoms with E-state index in [4.69, 9.17) is 0 Å². The molecule has 0 bridgehead atoms. The molecule has 1 heterocycles. The zero-order chi connectivity index (χ0) is 13.1. The summed E-state index contributed by atoms with van der Waals surface area (Å²) in [6, 6.07) is 9.05. The number of hydrogen-bond donors (Lipinski definition) is 1. The van der Waals surface area contributed by atoms with Crippen molar-refractivity contribution < 1.29 is 0 Å². The molecule has 1 aromatic carbocycles. The second-order valence-electron chi connectivity index (χ2n) is 6.57. The zero-order valence-electron chi connectivity index (χ0n) is 12.2. The minimum Gasteiger partial charge on any atom is -0.312 e. The SMILES string of the molecule is CCC1CCCC(CC2CNCc3ccccc32)C1. The Hall–Kier alpha value is -0.820. The van der Waals surface area contributed by atoms with Crippen LogP contribution in [0.2, 0.25) is 0 Å². The van der Waals surface area contributed by atoms with E-state index in [9.17, 15) is 0 Å². The maximum Gasteiger partial charge on any atom is 0.0208 e. The first-order chi connectivity index (χ1) is 9.36. The van der Waals surface area contributed by atoms with E-state index >= 15 is 0 Å². The lowest BCUT2D eigenvalue weighted by molar-refractivity contribution is 0.235. The van der Waals surface area contributed by atoms with Crippen LogP contribution in [0.15, 0.2) is 24.3 Å². The summed E-state index contributed by atoms with van der Waals surface area (Å²) in [6.07, 6.45) is 8.68. The Labute approximate surface area is 117 Å². The fourth-order valence-electron chi connectivity index (χ4n) is 4.18. The standard InChI is InChI=1S/C18H27N/c1-2-14-6-5-7-15(10-14)11-17-13-19-12-16-8-3-4-9-18(16)17/h3-4,8-9,14-15,17,19H,2,5-7,10-13H2,1H3. The first-order valence-corrected chi connectivity index (χ1v) is 8.15. The average Bonchev–Trinajstić information content (AvgIpc) is 2.48. The molecule has 1 aliphatic carbocycles. The summed E-state index contributed by atoms with van der Waals surface area (Å²) in [4.78, 5) is 0. The Morgan fingerprint density at radius 1 is 1.16 bits per heavy atom. The van der Waals surface area contributed by atoms with E-state index in [1.54, 1.807) is 5.56 Å². The molecule has 3 unspecified atom stereocenters. The molecule has 0 aromatic heterocycles. The van der Waals surface area contributed by atoms with Gasteiger partial charge in [0.1, 0.15) is 0 Å². The van der Waals surface area contributed by atoms with E-state index < -0.39 is 0 Å². The van der Waals surface area contributed by atoms with Crippen molar-refractivity contribution in [3.8, 4) is 0 Å². The van der Waals surface area contributed by atoms with Gasteiger partial charge in [-0.3, -0.25) is 0 Å². The monoisotopic (exact) mass is 257 g/mol. The van der Waals surface area contributed by atoms with Gasteiger partial charge in [0.05, 0.1) is 0 Å². The van der Waals surface area contributed by atoms with Crippen LogP contribution in [0.25, 0.3) is 0 Å². The van der Waals surface area contributed by atoms with Crippen molar-refractivity contribution in [3.05, 3.63) is 35.4 Å². The largest absolute Gasteiger partial charge is 0.312 e. The maximum atomic E-state index is 3.61. The Bertz CT molecular complexity index is 412. The number of hydrogen-bond acceptors (Lipinski definition) is 1. The van der Waals surface area contributed by atoms with Crippen LogP contribution in [-0.4, -0.2) is 6.54 Å². The van der Waals surface area contributed by atoms with Crippen molar-refractivity contribution in [1.29, 1.82) is 0 Å². The summed E-state index contributed by atoms with van der Waals surface area (Å²) in [5, 5.41) is 3.61. The highest BCUT2D eigenvalue weighted by molar-refractivity contribution is 5.32. The van der Waals surface area contributed by atoms with E-state index in [1.165, 1.54) is 50.6 Å². The minimum atomic E-state index is 0.755. The van der Waals surface area contributed by atoms with E-state index in [2.05, 4.69) is 36.5 Å². The van der Waals surface area contributed by atoms with Crippen molar-refractivity contribution in [2.45, 2.75) is 57.9 Å². The third-order valence-corrected chi connectivity index (χ3v) is 5.29. The van der Waals surface area contributed by atoms with E-state index in [0.717, 1.165) is 24.3 Å². The molecule has 0 spiro atoms. The number of fused-ring (bicyclic) bond motifs is 1. The quantitative estimate of drug-likeness (QED) is 0.842. The van der Waals surface area contributed by atoms with Crippen molar-refractivity contribution in [3.63, 3.8) is 0 Å². The second kappa shape index (κ2) is 6.09. The number of rotatable bonds is 3. The molecule has 0 radical (unpaired) electrons. The van der Waals surface area contributed by atoms with Gasteiger partial charge in [0.15, 0.2) is 0 Å². The van der Waals surface area contributed by atoms with Gasteiger partial charge in [-0.05, 0) is 41.7 Å². The minimum absolute atomic E-state index is 0.755. The van der Waals surface area contributed by atoms with Gasteiger partial charge in [-0.2, -0.15) is 0 Å². The van der Waals surface area contributed by atoms with E-state index in [1.807, 2.05) is 0 Å². The third kappa shape index (κ3) is 3.02. The zero-order valence-corrected chi connectivity index (χ0v) is 12.2. The molecule has 3 rings (SSSR count). The number of benzene rings is 1. The molecule has 19 heavy (non-hydrogen) atoms. The average molecular weight is 257 g/mol. The van der Waals surface area contributed by atoms with E-state index in [-0.39, 0.29) is 0 Å². The molecule has 0 saturated heterocycles.